The standard InChI is InChI=1S/C11H6F3N5O/c12-11(13,14)7-1-2-8(6(3-7)4-15)17-10(20)9-5-16-19-18-9/h1-3,5H,(H,17,20)(H,16,18,19). The summed E-state index contributed by atoms with van der Waals surface area (Å²) in [4.78, 5) is 11.7. The van der Waals surface area contributed by atoms with Crippen LogP contribution >= 0.6 is 0 Å². The Morgan fingerprint density at radius 2 is 2.15 bits per heavy atom. The van der Waals surface area contributed by atoms with Gasteiger partial charge in [-0.05, 0) is 18.2 Å². The minimum absolute atomic E-state index is 0.0338. The van der Waals surface area contributed by atoms with E-state index in [0.29, 0.717) is 6.07 Å². The Kier molecular flexibility index (Phi) is 3.39. The lowest BCUT2D eigenvalue weighted by Gasteiger charge is -2.10. The van der Waals surface area contributed by atoms with Crippen molar-refractivity contribution in [3.63, 3.8) is 0 Å². The minimum Gasteiger partial charge on any atom is -0.319 e. The third kappa shape index (κ3) is 2.74. The van der Waals surface area contributed by atoms with Crippen molar-refractivity contribution in [1.82, 2.24) is 15.4 Å². The van der Waals surface area contributed by atoms with E-state index in [-0.39, 0.29) is 16.9 Å². The zero-order valence-electron chi connectivity index (χ0n) is 9.69. The molecule has 0 atom stereocenters. The summed E-state index contributed by atoms with van der Waals surface area (Å²) in [6.45, 7) is 0. The van der Waals surface area contributed by atoms with Crippen molar-refractivity contribution in [2.75, 3.05) is 5.32 Å². The number of aromatic amines is 1. The van der Waals surface area contributed by atoms with E-state index in [1.165, 1.54) is 0 Å². The van der Waals surface area contributed by atoms with Crippen molar-refractivity contribution in [2.45, 2.75) is 6.18 Å². The summed E-state index contributed by atoms with van der Waals surface area (Å²) in [5, 5.41) is 20.3. The molecule has 9 heteroatoms. The van der Waals surface area contributed by atoms with Crippen LogP contribution in [0.2, 0.25) is 0 Å². The first-order chi connectivity index (χ1) is 9.41. The highest BCUT2D eigenvalue weighted by Crippen LogP contribution is 2.31. The Bertz CT molecular complexity index is 672. The molecule has 0 saturated carbocycles. The Morgan fingerprint density at radius 1 is 1.40 bits per heavy atom. The average Bonchev–Trinajstić information content (AvgIpc) is 2.91. The number of carbonyl (C=O) groups is 1. The number of nitrogens with one attached hydrogen (secondary N) is 2. The number of aromatic nitrogens is 3. The number of benzene rings is 1. The number of H-pyrrole nitrogens is 1. The number of nitrogens with zero attached hydrogens (tertiary/aromatic N) is 3. The molecule has 0 bridgehead atoms. The van der Waals surface area contributed by atoms with Crippen LogP contribution in [-0.2, 0) is 6.18 Å². The predicted molar refractivity (Wildman–Crippen MR) is 60.5 cm³/mol. The maximum atomic E-state index is 12.5. The van der Waals surface area contributed by atoms with E-state index in [4.69, 9.17) is 5.26 Å². The number of carbonyl (C=O) groups excluding carboxylic acids is 1. The zero-order valence-corrected chi connectivity index (χ0v) is 9.69. The van der Waals surface area contributed by atoms with Crippen molar-refractivity contribution in [1.29, 1.82) is 5.26 Å². The number of hydrogen-bond acceptors (Lipinski definition) is 4. The third-order valence-electron chi connectivity index (χ3n) is 2.36. The van der Waals surface area contributed by atoms with Crippen LogP contribution in [-0.4, -0.2) is 21.3 Å². The summed E-state index contributed by atoms with van der Waals surface area (Å²) >= 11 is 0. The number of anilines is 1. The van der Waals surface area contributed by atoms with Gasteiger partial charge in [-0.3, -0.25) is 4.79 Å². The van der Waals surface area contributed by atoms with E-state index in [9.17, 15) is 18.0 Å². The summed E-state index contributed by atoms with van der Waals surface area (Å²) in [7, 11) is 0. The molecule has 2 N–H and O–H groups in total. The van der Waals surface area contributed by atoms with Gasteiger partial charge < -0.3 is 5.32 Å². The third-order valence-corrected chi connectivity index (χ3v) is 2.36. The Labute approximate surface area is 110 Å². The maximum absolute atomic E-state index is 12.5. The van der Waals surface area contributed by atoms with Gasteiger partial charge in [-0.25, -0.2) is 0 Å². The Balaban J connectivity index is 2.29. The van der Waals surface area contributed by atoms with E-state index in [0.717, 1.165) is 18.3 Å². The van der Waals surface area contributed by atoms with Gasteiger partial charge in [-0.1, -0.05) is 0 Å². The van der Waals surface area contributed by atoms with Crippen molar-refractivity contribution >= 4 is 11.6 Å². The highest BCUT2D eigenvalue weighted by atomic mass is 19.4. The fourth-order valence-corrected chi connectivity index (χ4v) is 1.42. The predicted octanol–water partition coefficient (Wildman–Crippen LogP) is 1.95. The van der Waals surface area contributed by atoms with Crippen LogP contribution in [0.4, 0.5) is 18.9 Å². The van der Waals surface area contributed by atoms with Crippen LogP contribution in [0.3, 0.4) is 0 Å². The van der Waals surface area contributed by atoms with E-state index < -0.39 is 17.6 Å². The van der Waals surface area contributed by atoms with Crippen molar-refractivity contribution < 1.29 is 18.0 Å². The lowest BCUT2D eigenvalue weighted by Crippen LogP contribution is -2.14. The molecule has 20 heavy (non-hydrogen) atoms. The Hall–Kier alpha value is -2.89. The van der Waals surface area contributed by atoms with Crippen molar-refractivity contribution in [2.24, 2.45) is 0 Å². The molecule has 0 radical (unpaired) electrons. The van der Waals surface area contributed by atoms with Gasteiger partial charge in [0.15, 0.2) is 5.69 Å². The van der Waals surface area contributed by atoms with Crippen LogP contribution in [0.15, 0.2) is 24.4 Å². The summed E-state index contributed by atoms with van der Waals surface area (Å²) in [5.41, 5.74) is -1.34. The van der Waals surface area contributed by atoms with Crippen LogP contribution in [0.5, 0.6) is 0 Å². The van der Waals surface area contributed by atoms with E-state index >= 15 is 0 Å². The average molecular weight is 281 g/mol. The summed E-state index contributed by atoms with van der Waals surface area (Å²) in [6, 6.07) is 4.06. The smallest absolute Gasteiger partial charge is 0.319 e. The molecular formula is C11H6F3N5O. The first-order valence-electron chi connectivity index (χ1n) is 5.20. The van der Waals surface area contributed by atoms with Gasteiger partial charge in [-0.2, -0.15) is 33.8 Å². The lowest BCUT2D eigenvalue weighted by atomic mass is 10.1. The molecule has 0 aliphatic rings. The normalized spacial score (nSPS) is 10.9. The second-order valence-corrected chi connectivity index (χ2v) is 3.68. The number of halogens is 3. The number of hydrogen-bond donors (Lipinski definition) is 2. The molecule has 0 unspecified atom stereocenters. The fraction of sp³-hybridized carbons (Fsp3) is 0.0909. The number of alkyl halides is 3. The van der Waals surface area contributed by atoms with Gasteiger partial charge in [-0.15, -0.1) is 0 Å². The minimum atomic E-state index is -4.56. The monoisotopic (exact) mass is 281 g/mol. The largest absolute Gasteiger partial charge is 0.416 e. The van der Waals surface area contributed by atoms with Gasteiger partial charge >= 0.3 is 6.18 Å². The van der Waals surface area contributed by atoms with Crippen LogP contribution < -0.4 is 5.32 Å². The second kappa shape index (κ2) is 5.00. The summed E-state index contributed by atoms with van der Waals surface area (Å²) in [5.74, 6) is -0.685. The van der Waals surface area contributed by atoms with E-state index in [1.807, 2.05) is 0 Å². The van der Waals surface area contributed by atoms with Crippen LogP contribution in [0.1, 0.15) is 21.6 Å². The molecule has 0 fully saturated rings. The molecule has 2 rings (SSSR count). The highest BCUT2D eigenvalue weighted by Gasteiger charge is 2.31. The van der Waals surface area contributed by atoms with Crippen LogP contribution in [0.25, 0.3) is 0 Å². The zero-order chi connectivity index (χ0) is 14.8. The molecule has 6 nitrogen and oxygen atoms in total. The molecule has 2 aromatic rings. The van der Waals surface area contributed by atoms with E-state index in [1.54, 1.807) is 6.07 Å². The van der Waals surface area contributed by atoms with Gasteiger partial charge in [0, 0.05) is 0 Å². The molecule has 1 amide bonds. The van der Waals surface area contributed by atoms with Gasteiger partial charge in [0.1, 0.15) is 6.07 Å². The van der Waals surface area contributed by atoms with E-state index in [2.05, 4.69) is 20.7 Å². The molecule has 0 aliphatic carbocycles. The fourth-order valence-electron chi connectivity index (χ4n) is 1.42. The molecule has 102 valence electrons. The molecule has 0 aliphatic heterocycles. The summed E-state index contributed by atoms with van der Waals surface area (Å²) in [6.07, 6.45) is -3.41. The summed E-state index contributed by atoms with van der Waals surface area (Å²) < 4.78 is 37.5. The van der Waals surface area contributed by atoms with Crippen LogP contribution in [0, 0.1) is 11.3 Å². The van der Waals surface area contributed by atoms with Gasteiger partial charge in [0.25, 0.3) is 5.91 Å². The molecule has 1 aromatic carbocycles. The molecule has 0 saturated heterocycles. The first kappa shape index (κ1) is 13.5. The first-order valence-corrected chi connectivity index (χ1v) is 5.20. The highest BCUT2D eigenvalue weighted by molar-refractivity contribution is 6.03. The maximum Gasteiger partial charge on any atom is 0.416 e. The van der Waals surface area contributed by atoms with Crippen molar-refractivity contribution in [3.05, 3.63) is 41.2 Å². The number of rotatable bonds is 2. The number of nitriles is 1. The lowest BCUT2D eigenvalue weighted by molar-refractivity contribution is -0.137. The van der Waals surface area contributed by atoms with Gasteiger partial charge in [0.05, 0.1) is 23.0 Å². The molecule has 1 heterocycles. The molecular weight excluding hydrogens is 275 g/mol. The van der Waals surface area contributed by atoms with Gasteiger partial charge in [0.2, 0.25) is 0 Å². The number of amides is 1. The quantitative estimate of drug-likeness (QED) is 0.879. The second-order valence-electron chi connectivity index (χ2n) is 3.68. The molecule has 0 spiro atoms. The topological polar surface area (TPSA) is 94.5 Å². The Morgan fingerprint density at radius 3 is 2.70 bits per heavy atom. The van der Waals surface area contributed by atoms with Crippen molar-refractivity contribution in [3.8, 4) is 6.07 Å². The molecule has 1 aromatic heterocycles. The SMILES string of the molecule is N#Cc1cc(C(F)(F)F)ccc1NC(=O)c1cn[nH]n1.